The van der Waals surface area contributed by atoms with Gasteiger partial charge in [-0.2, -0.15) is 0 Å². The van der Waals surface area contributed by atoms with Crippen molar-refractivity contribution in [3.63, 3.8) is 0 Å². The molecule has 0 radical (unpaired) electrons. The van der Waals surface area contributed by atoms with Gasteiger partial charge in [-0.1, -0.05) is 12.1 Å². The van der Waals surface area contributed by atoms with Gasteiger partial charge in [0.05, 0.1) is 12.2 Å². The van der Waals surface area contributed by atoms with Crippen molar-refractivity contribution in [3.8, 4) is 5.75 Å². The number of benzene rings is 1. The molecule has 1 amide bonds. The molecule has 1 aliphatic heterocycles. The maximum absolute atomic E-state index is 12.0. The Morgan fingerprint density at radius 2 is 2.20 bits per heavy atom. The number of carbonyl (C=O) groups excluding carboxylic acids is 1. The fraction of sp³-hybridized carbons (Fsp3) is 0.533. The first-order chi connectivity index (χ1) is 9.66. The number of anilines is 1. The minimum absolute atomic E-state index is 0.0446. The predicted octanol–water partition coefficient (Wildman–Crippen LogP) is 1.32. The van der Waals surface area contributed by atoms with Crippen LogP contribution in [-0.2, 0) is 4.79 Å². The zero-order valence-corrected chi connectivity index (χ0v) is 12.2. The molecule has 0 aromatic heterocycles. The monoisotopic (exact) mass is 277 g/mol. The van der Waals surface area contributed by atoms with Crippen molar-refractivity contribution in [1.29, 1.82) is 0 Å². The van der Waals surface area contributed by atoms with Gasteiger partial charge in [-0.05, 0) is 45.6 Å². The second kappa shape index (κ2) is 7.14. The lowest BCUT2D eigenvalue weighted by Crippen LogP contribution is -2.45. The summed E-state index contributed by atoms with van der Waals surface area (Å²) in [6.07, 6.45) is 1.62. The molecule has 0 fully saturated rings. The van der Waals surface area contributed by atoms with Gasteiger partial charge in [0.25, 0.3) is 5.91 Å². The molecule has 20 heavy (non-hydrogen) atoms. The molecule has 1 aliphatic rings. The lowest BCUT2D eigenvalue weighted by molar-refractivity contribution is -0.127. The summed E-state index contributed by atoms with van der Waals surface area (Å²) in [6.45, 7) is 2.26. The molecule has 2 rings (SSSR count). The summed E-state index contributed by atoms with van der Waals surface area (Å²) in [5, 5.41) is 6.15. The van der Waals surface area contributed by atoms with Gasteiger partial charge in [-0.25, -0.2) is 0 Å². The van der Waals surface area contributed by atoms with Crippen LogP contribution in [0.1, 0.15) is 12.8 Å². The van der Waals surface area contributed by atoms with Crippen molar-refractivity contribution in [1.82, 2.24) is 10.2 Å². The Kier molecular flexibility index (Phi) is 5.24. The molecule has 0 spiro atoms. The maximum atomic E-state index is 12.0. The average molecular weight is 277 g/mol. The summed E-state index contributed by atoms with van der Waals surface area (Å²) in [6, 6.07) is 7.67. The molecule has 2 N–H and O–H groups in total. The molecule has 0 saturated carbocycles. The first-order valence-corrected chi connectivity index (χ1v) is 7.09. The lowest BCUT2D eigenvalue weighted by Gasteiger charge is -2.26. The summed E-state index contributed by atoms with van der Waals surface area (Å²) in [4.78, 5) is 14.2. The largest absolute Gasteiger partial charge is 0.477 e. The van der Waals surface area contributed by atoms with Crippen LogP contribution in [0.15, 0.2) is 24.3 Å². The number of hydrogen-bond acceptors (Lipinski definition) is 4. The Balaban J connectivity index is 1.72. The number of hydrogen-bond donors (Lipinski definition) is 2. The third kappa shape index (κ3) is 4.13. The number of unbranched alkanes of at least 4 members (excludes halogenated alkanes) is 1. The van der Waals surface area contributed by atoms with E-state index in [0.717, 1.165) is 30.8 Å². The van der Waals surface area contributed by atoms with E-state index in [-0.39, 0.29) is 5.91 Å². The maximum Gasteiger partial charge on any atom is 0.262 e. The Hall–Kier alpha value is -1.75. The number of nitrogens with one attached hydrogen (secondary N) is 2. The van der Waals surface area contributed by atoms with E-state index in [0.29, 0.717) is 13.1 Å². The second-order valence-electron chi connectivity index (χ2n) is 5.28. The Labute approximate surface area is 120 Å². The number of rotatable bonds is 6. The minimum Gasteiger partial charge on any atom is -0.477 e. The number of fused-ring (bicyclic) bond motifs is 1. The first kappa shape index (κ1) is 14.7. The van der Waals surface area contributed by atoms with Crippen LogP contribution in [0, 0.1) is 0 Å². The van der Waals surface area contributed by atoms with Gasteiger partial charge in [-0.15, -0.1) is 0 Å². The molecule has 1 atom stereocenters. The summed E-state index contributed by atoms with van der Waals surface area (Å²) in [7, 11) is 4.11. The zero-order valence-electron chi connectivity index (χ0n) is 12.2. The highest BCUT2D eigenvalue weighted by Gasteiger charge is 2.24. The smallest absolute Gasteiger partial charge is 0.262 e. The predicted molar refractivity (Wildman–Crippen MR) is 80.1 cm³/mol. The van der Waals surface area contributed by atoms with Crippen LogP contribution >= 0.6 is 0 Å². The molecule has 0 saturated heterocycles. The van der Waals surface area contributed by atoms with Crippen molar-refractivity contribution in [2.45, 2.75) is 18.9 Å². The van der Waals surface area contributed by atoms with Gasteiger partial charge in [0.1, 0.15) is 5.75 Å². The molecule has 1 unspecified atom stereocenters. The molecule has 0 bridgehead atoms. The van der Waals surface area contributed by atoms with Gasteiger partial charge in [0.15, 0.2) is 6.10 Å². The van der Waals surface area contributed by atoms with E-state index in [4.69, 9.17) is 4.74 Å². The van der Waals surface area contributed by atoms with Crippen molar-refractivity contribution >= 4 is 11.6 Å². The molecule has 0 aliphatic carbocycles. The van der Waals surface area contributed by atoms with Crippen LogP contribution in [-0.4, -0.2) is 50.6 Å². The van der Waals surface area contributed by atoms with E-state index in [1.807, 2.05) is 24.3 Å². The van der Waals surface area contributed by atoms with Gasteiger partial charge in [-0.3, -0.25) is 4.79 Å². The summed E-state index contributed by atoms with van der Waals surface area (Å²) in [5.41, 5.74) is 0.947. The van der Waals surface area contributed by atoms with E-state index in [1.165, 1.54) is 0 Å². The molecule has 5 nitrogen and oxygen atoms in total. The number of carbonyl (C=O) groups is 1. The standard InChI is InChI=1S/C15H23N3O2/c1-18(2)10-6-5-9-16-15(19)14-11-17-12-7-3-4-8-13(12)20-14/h3-4,7-8,14,17H,5-6,9-11H2,1-2H3,(H,16,19). The molecule has 1 heterocycles. The summed E-state index contributed by atoms with van der Waals surface area (Å²) < 4.78 is 5.71. The van der Waals surface area contributed by atoms with Crippen LogP contribution in [0.2, 0.25) is 0 Å². The molecule has 1 aromatic carbocycles. The van der Waals surface area contributed by atoms with E-state index >= 15 is 0 Å². The van der Waals surface area contributed by atoms with E-state index < -0.39 is 6.10 Å². The molecule has 1 aromatic rings. The second-order valence-corrected chi connectivity index (χ2v) is 5.28. The third-order valence-corrected chi connectivity index (χ3v) is 3.26. The first-order valence-electron chi connectivity index (χ1n) is 7.09. The van der Waals surface area contributed by atoms with Crippen LogP contribution in [0.5, 0.6) is 5.75 Å². The topological polar surface area (TPSA) is 53.6 Å². The highest BCUT2D eigenvalue weighted by atomic mass is 16.5. The Morgan fingerprint density at radius 1 is 1.40 bits per heavy atom. The highest BCUT2D eigenvalue weighted by Crippen LogP contribution is 2.28. The van der Waals surface area contributed by atoms with E-state index in [9.17, 15) is 4.79 Å². The Bertz CT molecular complexity index is 448. The van der Waals surface area contributed by atoms with Crippen molar-refractivity contribution in [3.05, 3.63) is 24.3 Å². The van der Waals surface area contributed by atoms with Crippen LogP contribution < -0.4 is 15.4 Å². The van der Waals surface area contributed by atoms with Crippen molar-refractivity contribution in [2.75, 3.05) is 39.0 Å². The van der Waals surface area contributed by atoms with Crippen LogP contribution in [0.25, 0.3) is 0 Å². The fourth-order valence-electron chi connectivity index (χ4n) is 2.14. The molecular formula is C15H23N3O2. The molecule has 5 heteroatoms. The van der Waals surface area contributed by atoms with Crippen molar-refractivity contribution in [2.24, 2.45) is 0 Å². The normalized spacial score (nSPS) is 17.1. The fourth-order valence-corrected chi connectivity index (χ4v) is 2.14. The number of para-hydroxylation sites is 2. The van der Waals surface area contributed by atoms with Crippen LogP contribution in [0.4, 0.5) is 5.69 Å². The molecular weight excluding hydrogens is 254 g/mol. The summed E-state index contributed by atoms with van der Waals surface area (Å²) in [5.74, 6) is 0.698. The number of ether oxygens (including phenoxy) is 1. The minimum atomic E-state index is -0.446. The van der Waals surface area contributed by atoms with Crippen LogP contribution in [0.3, 0.4) is 0 Å². The third-order valence-electron chi connectivity index (χ3n) is 3.26. The number of nitrogens with zero attached hydrogens (tertiary/aromatic N) is 1. The van der Waals surface area contributed by atoms with Gasteiger partial charge in [0, 0.05) is 6.54 Å². The van der Waals surface area contributed by atoms with Gasteiger partial charge in [0.2, 0.25) is 0 Å². The zero-order chi connectivity index (χ0) is 14.4. The quantitative estimate of drug-likeness (QED) is 0.770. The lowest BCUT2D eigenvalue weighted by atomic mass is 10.2. The number of amides is 1. The summed E-state index contributed by atoms with van der Waals surface area (Å²) >= 11 is 0. The molecule has 110 valence electrons. The average Bonchev–Trinajstić information content (AvgIpc) is 2.46. The van der Waals surface area contributed by atoms with Gasteiger partial charge < -0.3 is 20.3 Å². The van der Waals surface area contributed by atoms with E-state index in [1.54, 1.807) is 0 Å². The van der Waals surface area contributed by atoms with Crippen molar-refractivity contribution < 1.29 is 9.53 Å². The Morgan fingerprint density at radius 3 is 3.00 bits per heavy atom. The van der Waals surface area contributed by atoms with E-state index in [2.05, 4.69) is 29.6 Å². The van der Waals surface area contributed by atoms with Gasteiger partial charge >= 0.3 is 0 Å². The highest BCUT2D eigenvalue weighted by molar-refractivity contribution is 5.83. The SMILES string of the molecule is CN(C)CCCCNC(=O)C1CNc2ccccc2O1.